The van der Waals surface area contributed by atoms with Crippen molar-refractivity contribution in [3.63, 3.8) is 0 Å². The lowest BCUT2D eigenvalue weighted by molar-refractivity contribution is 0.524. The molecule has 0 saturated carbocycles. The highest BCUT2D eigenvalue weighted by Crippen LogP contribution is 2.27. The molecular weight excluding hydrogens is 214 g/mol. The fourth-order valence-corrected chi connectivity index (χ4v) is 1.94. The molecule has 17 heavy (non-hydrogen) atoms. The molecule has 0 aliphatic rings. The molecule has 0 amide bonds. The molecule has 2 rings (SSSR count). The molecule has 0 bridgehead atoms. The molecule has 0 radical (unpaired) electrons. The number of nitrogens with zero attached hydrogens (tertiary/aromatic N) is 2. The normalized spacial score (nSPS) is 12.9. The summed E-state index contributed by atoms with van der Waals surface area (Å²) in [7, 11) is 0. The number of nitrogen functional groups attached to an aromatic ring is 1. The Morgan fingerprint density at radius 1 is 1.41 bits per heavy atom. The van der Waals surface area contributed by atoms with Crippen molar-refractivity contribution in [2.75, 3.05) is 17.2 Å². The van der Waals surface area contributed by atoms with Crippen LogP contribution in [0, 0.1) is 0 Å². The average Bonchev–Trinajstić information content (AvgIpc) is 2.75. The molecule has 2 N–H and O–H groups in total. The third kappa shape index (κ3) is 2.07. The topological polar surface area (TPSA) is 55.3 Å². The molecule has 1 heterocycles. The summed E-state index contributed by atoms with van der Waals surface area (Å²) in [5.74, 6) is 0. The second-order valence-electron chi connectivity index (χ2n) is 4.23. The van der Waals surface area contributed by atoms with Gasteiger partial charge in [-0.1, -0.05) is 13.0 Å². The first-order valence-electron chi connectivity index (χ1n) is 6.09. The highest BCUT2D eigenvalue weighted by molar-refractivity contribution is 5.86. The minimum absolute atomic E-state index is 0.411. The Bertz CT molecular complexity index is 506. The summed E-state index contributed by atoms with van der Waals surface area (Å²) in [6.45, 7) is 7.30. The predicted octanol–water partition coefficient (Wildman–Crippen LogP) is 3.03. The first-order valence-corrected chi connectivity index (χ1v) is 6.09. The van der Waals surface area contributed by atoms with Gasteiger partial charge in [0.2, 0.25) is 0 Å². The number of hydrogen-bond donors (Lipinski definition) is 1. The lowest BCUT2D eigenvalue weighted by Gasteiger charge is -2.24. The molecule has 4 nitrogen and oxygen atoms in total. The van der Waals surface area contributed by atoms with Crippen molar-refractivity contribution in [1.82, 2.24) is 4.98 Å². The Hall–Kier alpha value is -1.71. The zero-order valence-corrected chi connectivity index (χ0v) is 10.6. The molecule has 4 heteroatoms. The smallest absolute Gasteiger partial charge is 0.298 e. The lowest BCUT2D eigenvalue weighted by atomic mass is 10.2. The van der Waals surface area contributed by atoms with Gasteiger partial charge in [0.25, 0.3) is 6.01 Å². The van der Waals surface area contributed by atoms with Crippen molar-refractivity contribution in [3.05, 3.63) is 18.2 Å². The van der Waals surface area contributed by atoms with Gasteiger partial charge in [-0.2, -0.15) is 4.98 Å². The van der Waals surface area contributed by atoms with E-state index in [2.05, 4.69) is 30.7 Å². The maximum Gasteiger partial charge on any atom is 0.298 e. The predicted molar refractivity (Wildman–Crippen MR) is 71.2 cm³/mol. The minimum Gasteiger partial charge on any atom is -0.423 e. The van der Waals surface area contributed by atoms with Gasteiger partial charge in [-0.3, -0.25) is 0 Å². The lowest BCUT2D eigenvalue weighted by Crippen LogP contribution is -2.32. The molecule has 0 saturated heterocycles. The average molecular weight is 233 g/mol. The summed E-state index contributed by atoms with van der Waals surface area (Å²) in [6.07, 6.45) is 1.06. The second-order valence-corrected chi connectivity index (χ2v) is 4.23. The van der Waals surface area contributed by atoms with Crippen LogP contribution >= 0.6 is 0 Å². The van der Waals surface area contributed by atoms with Gasteiger partial charge in [0, 0.05) is 12.6 Å². The van der Waals surface area contributed by atoms with Crippen molar-refractivity contribution in [2.24, 2.45) is 0 Å². The van der Waals surface area contributed by atoms with Gasteiger partial charge >= 0.3 is 0 Å². The number of anilines is 2. The van der Waals surface area contributed by atoms with E-state index in [4.69, 9.17) is 10.2 Å². The largest absolute Gasteiger partial charge is 0.423 e. The summed E-state index contributed by atoms with van der Waals surface area (Å²) in [6, 6.07) is 6.69. The van der Waals surface area contributed by atoms with Crippen LogP contribution in [0.15, 0.2) is 22.6 Å². The Morgan fingerprint density at radius 2 is 2.18 bits per heavy atom. The fourth-order valence-electron chi connectivity index (χ4n) is 1.94. The summed E-state index contributed by atoms with van der Waals surface area (Å²) in [5, 5.41) is 0. The number of fused-ring (bicyclic) bond motifs is 1. The first-order chi connectivity index (χ1) is 8.17. The zero-order chi connectivity index (χ0) is 12.4. The van der Waals surface area contributed by atoms with Crippen molar-refractivity contribution in [2.45, 2.75) is 33.2 Å². The van der Waals surface area contributed by atoms with Gasteiger partial charge < -0.3 is 15.1 Å². The summed E-state index contributed by atoms with van der Waals surface area (Å²) < 4.78 is 5.76. The Balaban J connectivity index is 2.44. The third-order valence-electron chi connectivity index (χ3n) is 3.15. The van der Waals surface area contributed by atoms with E-state index in [0.717, 1.165) is 24.1 Å². The molecule has 92 valence electrons. The highest BCUT2D eigenvalue weighted by atomic mass is 16.4. The first kappa shape index (κ1) is 11.8. The standard InChI is InChI=1S/C13H19N3O/c1-4-9(3)16(5-2)13-15-12-10(14)7-6-8-11(12)17-13/h6-9H,4-5,14H2,1-3H3. The van der Waals surface area contributed by atoms with Crippen LogP contribution in [0.1, 0.15) is 27.2 Å². The minimum atomic E-state index is 0.411. The summed E-state index contributed by atoms with van der Waals surface area (Å²) in [5.41, 5.74) is 8.05. The molecular formula is C13H19N3O. The molecule has 1 aromatic carbocycles. The van der Waals surface area contributed by atoms with Gasteiger partial charge in [0.1, 0.15) is 5.52 Å². The number of rotatable bonds is 4. The van der Waals surface area contributed by atoms with E-state index in [0.29, 0.717) is 17.7 Å². The van der Waals surface area contributed by atoms with E-state index in [-0.39, 0.29) is 0 Å². The van der Waals surface area contributed by atoms with Gasteiger partial charge in [-0.05, 0) is 32.4 Å². The molecule has 2 aromatic rings. The van der Waals surface area contributed by atoms with Crippen molar-refractivity contribution >= 4 is 22.8 Å². The fraction of sp³-hybridized carbons (Fsp3) is 0.462. The van der Waals surface area contributed by atoms with E-state index >= 15 is 0 Å². The Morgan fingerprint density at radius 3 is 2.76 bits per heavy atom. The van der Waals surface area contributed by atoms with E-state index < -0.39 is 0 Å². The van der Waals surface area contributed by atoms with Crippen LogP contribution in [0.5, 0.6) is 0 Å². The molecule has 1 unspecified atom stereocenters. The molecule has 1 atom stereocenters. The third-order valence-corrected chi connectivity index (χ3v) is 3.15. The Kier molecular flexibility index (Phi) is 3.22. The van der Waals surface area contributed by atoms with Crippen molar-refractivity contribution < 1.29 is 4.42 Å². The van der Waals surface area contributed by atoms with Crippen LogP contribution in [0.25, 0.3) is 11.1 Å². The van der Waals surface area contributed by atoms with Gasteiger partial charge in [0.15, 0.2) is 5.58 Å². The second kappa shape index (κ2) is 4.65. The van der Waals surface area contributed by atoms with Crippen molar-refractivity contribution in [1.29, 1.82) is 0 Å². The van der Waals surface area contributed by atoms with E-state index in [9.17, 15) is 0 Å². The number of para-hydroxylation sites is 1. The SMILES string of the molecule is CCC(C)N(CC)c1nc2c(N)cccc2o1. The number of aromatic nitrogens is 1. The maximum absolute atomic E-state index is 5.88. The van der Waals surface area contributed by atoms with Crippen LogP contribution in [0.3, 0.4) is 0 Å². The highest BCUT2D eigenvalue weighted by Gasteiger charge is 2.17. The molecule has 1 aromatic heterocycles. The maximum atomic E-state index is 5.88. The molecule has 0 fully saturated rings. The molecule has 0 spiro atoms. The quantitative estimate of drug-likeness (QED) is 0.825. The molecule has 0 aliphatic carbocycles. The van der Waals surface area contributed by atoms with Crippen LogP contribution in [0.4, 0.5) is 11.7 Å². The van der Waals surface area contributed by atoms with Crippen LogP contribution in [-0.2, 0) is 0 Å². The molecule has 0 aliphatic heterocycles. The number of nitrogens with two attached hydrogens (primary N) is 1. The Labute approximate surface area is 101 Å². The number of oxazole rings is 1. The van der Waals surface area contributed by atoms with Gasteiger partial charge in [-0.15, -0.1) is 0 Å². The van der Waals surface area contributed by atoms with E-state index in [1.165, 1.54) is 0 Å². The monoisotopic (exact) mass is 233 g/mol. The van der Waals surface area contributed by atoms with Crippen LogP contribution in [-0.4, -0.2) is 17.6 Å². The van der Waals surface area contributed by atoms with Crippen LogP contribution in [0.2, 0.25) is 0 Å². The van der Waals surface area contributed by atoms with Crippen LogP contribution < -0.4 is 10.6 Å². The summed E-state index contributed by atoms with van der Waals surface area (Å²) in [4.78, 5) is 6.64. The summed E-state index contributed by atoms with van der Waals surface area (Å²) >= 11 is 0. The van der Waals surface area contributed by atoms with Crippen molar-refractivity contribution in [3.8, 4) is 0 Å². The van der Waals surface area contributed by atoms with E-state index in [1.54, 1.807) is 0 Å². The van der Waals surface area contributed by atoms with E-state index in [1.807, 2.05) is 18.2 Å². The number of benzene rings is 1. The number of hydrogen-bond acceptors (Lipinski definition) is 4. The zero-order valence-electron chi connectivity index (χ0n) is 10.6. The van der Waals surface area contributed by atoms with Gasteiger partial charge in [-0.25, -0.2) is 0 Å². The van der Waals surface area contributed by atoms with Gasteiger partial charge in [0.05, 0.1) is 5.69 Å².